The largest absolute Gasteiger partial charge is 0.466 e. The molecule has 0 amide bonds. The van der Waals surface area contributed by atoms with Crippen molar-refractivity contribution >= 4 is 11.9 Å². The van der Waals surface area contributed by atoms with E-state index >= 15 is 0 Å². The number of aliphatic hydroxyl groups excluding tert-OH is 2. The first-order valence-electron chi connectivity index (χ1n) is 9.47. The highest BCUT2D eigenvalue weighted by molar-refractivity contribution is 5.69. The second kappa shape index (κ2) is 17.2. The van der Waals surface area contributed by atoms with Crippen LogP contribution in [0.1, 0.15) is 39.0 Å². The quantitative estimate of drug-likeness (QED) is 0.276. The fourth-order valence-corrected chi connectivity index (χ4v) is 2.25. The highest BCUT2D eigenvalue weighted by Gasteiger charge is 2.10. The van der Waals surface area contributed by atoms with Gasteiger partial charge in [-0.2, -0.15) is 0 Å². The number of carbonyl (C=O) groups excluding carboxylic acids is 2. The topological polar surface area (TPSA) is 99.5 Å². The lowest BCUT2D eigenvalue weighted by Crippen LogP contribution is -2.37. The van der Waals surface area contributed by atoms with E-state index in [1.165, 1.54) is 0 Å². The standard InChI is InChI=1S/C18H36N2O6/c1-3-6-17(23)25-15-4-5-16-26-18(24)7-8-20(12-14-22)10-9-19(2)11-13-21/h21-22H,3-16H2,1-2H3. The maximum Gasteiger partial charge on any atom is 0.307 e. The first kappa shape index (κ1) is 24.8. The molecule has 0 saturated heterocycles. The van der Waals surface area contributed by atoms with Gasteiger partial charge in [-0.05, 0) is 26.3 Å². The number of unbranched alkanes of at least 4 members (excludes halogenated alkanes) is 1. The molecule has 0 radical (unpaired) electrons. The molecule has 0 rings (SSSR count). The van der Waals surface area contributed by atoms with Crippen LogP contribution >= 0.6 is 0 Å². The molecule has 0 aromatic carbocycles. The molecule has 0 heterocycles. The summed E-state index contributed by atoms with van der Waals surface area (Å²) in [5.41, 5.74) is 0. The molecule has 8 heteroatoms. The minimum absolute atomic E-state index is 0.0372. The van der Waals surface area contributed by atoms with E-state index in [0.29, 0.717) is 58.7 Å². The maximum atomic E-state index is 11.8. The highest BCUT2D eigenvalue weighted by Crippen LogP contribution is 1.99. The van der Waals surface area contributed by atoms with Crippen molar-refractivity contribution in [3.63, 3.8) is 0 Å². The van der Waals surface area contributed by atoms with Gasteiger partial charge in [-0.3, -0.25) is 14.5 Å². The maximum absolute atomic E-state index is 11.8. The Morgan fingerprint density at radius 1 is 0.808 bits per heavy atom. The van der Waals surface area contributed by atoms with Crippen LogP contribution in [0.15, 0.2) is 0 Å². The molecule has 26 heavy (non-hydrogen) atoms. The zero-order chi connectivity index (χ0) is 19.6. The van der Waals surface area contributed by atoms with Crippen molar-refractivity contribution < 1.29 is 29.3 Å². The Hall–Kier alpha value is -1.22. The predicted molar refractivity (Wildman–Crippen MR) is 98.8 cm³/mol. The zero-order valence-electron chi connectivity index (χ0n) is 16.3. The number of carbonyl (C=O) groups is 2. The Morgan fingerprint density at radius 3 is 1.92 bits per heavy atom. The van der Waals surface area contributed by atoms with Crippen molar-refractivity contribution in [3.8, 4) is 0 Å². The molecule has 0 bridgehead atoms. The van der Waals surface area contributed by atoms with Crippen LogP contribution < -0.4 is 0 Å². The number of likely N-dealkylation sites (N-methyl/N-ethyl adjacent to an activating group) is 1. The van der Waals surface area contributed by atoms with Gasteiger partial charge >= 0.3 is 11.9 Å². The number of hydrogen-bond acceptors (Lipinski definition) is 8. The molecule has 0 aromatic heterocycles. The van der Waals surface area contributed by atoms with E-state index in [9.17, 15) is 9.59 Å². The Bertz CT molecular complexity index is 368. The smallest absolute Gasteiger partial charge is 0.307 e. The molecule has 2 N–H and O–H groups in total. The minimum Gasteiger partial charge on any atom is -0.466 e. The molecule has 0 saturated carbocycles. The number of nitrogens with zero attached hydrogens (tertiary/aromatic N) is 2. The van der Waals surface area contributed by atoms with Crippen LogP contribution in [0.25, 0.3) is 0 Å². The van der Waals surface area contributed by atoms with Gasteiger partial charge in [0.25, 0.3) is 0 Å². The van der Waals surface area contributed by atoms with Crippen molar-refractivity contribution in [1.29, 1.82) is 0 Å². The fraction of sp³-hybridized carbons (Fsp3) is 0.889. The van der Waals surface area contributed by atoms with Gasteiger partial charge < -0.3 is 24.6 Å². The number of hydrogen-bond donors (Lipinski definition) is 2. The van der Waals surface area contributed by atoms with E-state index in [4.69, 9.17) is 19.7 Å². The Morgan fingerprint density at radius 2 is 1.38 bits per heavy atom. The van der Waals surface area contributed by atoms with Gasteiger partial charge in [0.1, 0.15) is 0 Å². The first-order chi connectivity index (χ1) is 12.5. The van der Waals surface area contributed by atoms with Gasteiger partial charge in [-0.15, -0.1) is 0 Å². The molecule has 0 aliphatic heterocycles. The summed E-state index contributed by atoms with van der Waals surface area (Å²) in [6.45, 7) is 5.87. The summed E-state index contributed by atoms with van der Waals surface area (Å²) >= 11 is 0. The van der Waals surface area contributed by atoms with E-state index in [1.807, 2.05) is 23.8 Å². The van der Waals surface area contributed by atoms with Crippen LogP contribution in [-0.4, -0.2) is 98.2 Å². The van der Waals surface area contributed by atoms with E-state index in [0.717, 1.165) is 13.0 Å². The average molecular weight is 376 g/mol. The number of ether oxygens (including phenoxy) is 2. The van der Waals surface area contributed by atoms with Crippen molar-refractivity contribution in [3.05, 3.63) is 0 Å². The summed E-state index contributed by atoms with van der Waals surface area (Å²) in [7, 11) is 1.92. The summed E-state index contributed by atoms with van der Waals surface area (Å²) in [6.07, 6.45) is 2.83. The molecule has 154 valence electrons. The molecule has 0 aliphatic carbocycles. The lowest BCUT2D eigenvalue weighted by atomic mass is 10.3. The molecular weight excluding hydrogens is 340 g/mol. The van der Waals surface area contributed by atoms with Gasteiger partial charge in [0.05, 0.1) is 32.8 Å². The van der Waals surface area contributed by atoms with Crippen LogP contribution in [0.2, 0.25) is 0 Å². The fourth-order valence-electron chi connectivity index (χ4n) is 2.25. The third-order valence-corrected chi connectivity index (χ3v) is 3.85. The number of rotatable bonds is 17. The second-order valence-corrected chi connectivity index (χ2v) is 6.24. The van der Waals surface area contributed by atoms with Crippen LogP contribution in [0.4, 0.5) is 0 Å². The molecule has 0 unspecified atom stereocenters. The summed E-state index contributed by atoms with van der Waals surface area (Å²) < 4.78 is 10.2. The molecule has 0 aromatic rings. The van der Waals surface area contributed by atoms with E-state index < -0.39 is 0 Å². The number of aliphatic hydroxyl groups is 2. The Balaban J connectivity index is 3.77. The molecule has 0 atom stereocenters. The molecule has 0 fully saturated rings. The van der Waals surface area contributed by atoms with Gasteiger partial charge in [-0.25, -0.2) is 0 Å². The minimum atomic E-state index is -0.264. The lowest BCUT2D eigenvalue weighted by molar-refractivity contribution is -0.146. The van der Waals surface area contributed by atoms with Gasteiger partial charge in [0.2, 0.25) is 0 Å². The monoisotopic (exact) mass is 376 g/mol. The van der Waals surface area contributed by atoms with Crippen LogP contribution in [0.5, 0.6) is 0 Å². The molecule has 0 aliphatic rings. The summed E-state index contributed by atoms with van der Waals surface area (Å²) in [5, 5.41) is 18.0. The lowest BCUT2D eigenvalue weighted by Gasteiger charge is -2.24. The summed E-state index contributed by atoms with van der Waals surface area (Å²) in [5.74, 6) is -0.447. The third-order valence-electron chi connectivity index (χ3n) is 3.85. The van der Waals surface area contributed by atoms with Gasteiger partial charge in [0.15, 0.2) is 0 Å². The molecular formula is C18H36N2O6. The SMILES string of the molecule is CCCC(=O)OCCCCOC(=O)CCN(CCO)CCN(C)CCO. The second-order valence-electron chi connectivity index (χ2n) is 6.24. The third kappa shape index (κ3) is 15.1. The van der Waals surface area contributed by atoms with Crippen molar-refractivity contribution in [2.24, 2.45) is 0 Å². The summed E-state index contributed by atoms with van der Waals surface area (Å²) in [6, 6.07) is 0. The number of esters is 2. The van der Waals surface area contributed by atoms with E-state index in [1.54, 1.807) is 0 Å². The van der Waals surface area contributed by atoms with E-state index in [2.05, 4.69) is 0 Å². The first-order valence-corrected chi connectivity index (χ1v) is 9.47. The van der Waals surface area contributed by atoms with Crippen molar-refractivity contribution in [1.82, 2.24) is 9.80 Å². The summed E-state index contributed by atoms with van der Waals surface area (Å²) in [4.78, 5) is 26.9. The predicted octanol–water partition coefficient (Wildman–Crippen LogP) is 0.262. The van der Waals surface area contributed by atoms with Crippen LogP contribution in [-0.2, 0) is 19.1 Å². The Kier molecular flexibility index (Phi) is 16.4. The van der Waals surface area contributed by atoms with E-state index in [-0.39, 0.29) is 31.6 Å². The highest BCUT2D eigenvalue weighted by atomic mass is 16.5. The van der Waals surface area contributed by atoms with Gasteiger partial charge in [0, 0.05) is 39.1 Å². The van der Waals surface area contributed by atoms with Crippen LogP contribution in [0, 0.1) is 0 Å². The average Bonchev–Trinajstić information content (AvgIpc) is 2.60. The zero-order valence-corrected chi connectivity index (χ0v) is 16.3. The van der Waals surface area contributed by atoms with Crippen molar-refractivity contribution in [2.45, 2.75) is 39.0 Å². The van der Waals surface area contributed by atoms with Crippen molar-refractivity contribution in [2.75, 3.05) is 66.2 Å². The van der Waals surface area contributed by atoms with Gasteiger partial charge in [-0.1, -0.05) is 6.92 Å². The Labute approximate surface area is 157 Å². The molecule has 0 spiro atoms. The normalized spacial score (nSPS) is 11.2. The molecule has 8 nitrogen and oxygen atoms in total. The van der Waals surface area contributed by atoms with Crippen LogP contribution in [0.3, 0.4) is 0 Å².